The molecule has 1 aliphatic carbocycles. The number of anilines is 1. The highest BCUT2D eigenvalue weighted by Gasteiger charge is 2.62. The molecule has 0 radical (unpaired) electrons. The lowest BCUT2D eigenvalue weighted by atomic mass is 9.54. The van der Waals surface area contributed by atoms with Gasteiger partial charge in [-0.15, -0.1) is 11.3 Å². The molecule has 19 heavy (non-hydrogen) atoms. The normalized spacial score (nSPS) is 28.8. The van der Waals surface area contributed by atoms with Crippen LogP contribution in [0.25, 0.3) is 0 Å². The molecule has 3 N–H and O–H groups in total. The van der Waals surface area contributed by atoms with Gasteiger partial charge in [0.15, 0.2) is 5.13 Å². The molecule has 2 unspecified atom stereocenters. The highest BCUT2D eigenvalue weighted by atomic mass is 32.1. The molecule has 1 fully saturated rings. The minimum absolute atomic E-state index is 0.0336. The van der Waals surface area contributed by atoms with Crippen molar-refractivity contribution in [1.29, 1.82) is 0 Å². The molecule has 0 bridgehead atoms. The van der Waals surface area contributed by atoms with Crippen molar-refractivity contribution < 1.29 is 9.53 Å². The van der Waals surface area contributed by atoms with E-state index in [4.69, 9.17) is 10.5 Å². The second-order valence-electron chi connectivity index (χ2n) is 5.57. The lowest BCUT2D eigenvalue weighted by molar-refractivity contribution is -0.166. The van der Waals surface area contributed by atoms with E-state index < -0.39 is 5.54 Å². The number of carbonyl (C=O) groups excluding carboxylic acids is 1. The lowest BCUT2D eigenvalue weighted by Crippen LogP contribution is -2.74. The van der Waals surface area contributed by atoms with E-state index in [0.717, 1.165) is 4.88 Å². The molecule has 5 nitrogen and oxygen atoms in total. The molecule has 6 heteroatoms. The molecule has 1 amide bonds. The lowest BCUT2D eigenvalue weighted by Gasteiger charge is -2.57. The Morgan fingerprint density at radius 1 is 1.68 bits per heavy atom. The van der Waals surface area contributed by atoms with Gasteiger partial charge in [0.25, 0.3) is 0 Å². The van der Waals surface area contributed by atoms with Crippen molar-refractivity contribution in [2.75, 3.05) is 11.9 Å². The maximum atomic E-state index is 12.4. The second kappa shape index (κ2) is 4.85. The first-order valence-electron chi connectivity index (χ1n) is 6.45. The molecule has 0 aliphatic heterocycles. The van der Waals surface area contributed by atoms with Gasteiger partial charge in [0.05, 0.1) is 6.10 Å². The van der Waals surface area contributed by atoms with Crippen LogP contribution in [0.1, 0.15) is 32.1 Å². The fourth-order valence-corrected chi connectivity index (χ4v) is 3.10. The second-order valence-corrected chi connectivity index (χ2v) is 6.81. The average molecular weight is 283 g/mol. The summed E-state index contributed by atoms with van der Waals surface area (Å²) in [4.78, 5) is 17.6. The molecule has 0 saturated heterocycles. The first-order valence-corrected chi connectivity index (χ1v) is 7.27. The molecule has 1 aromatic rings. The highest BCUT2D eigenvalue weighted by Crippen LogP contribution is 2.50. The van der Waals surface area contributed by atoms with Gasteiger partial charge in [0.2, 0.25) is 5.91 Å². The van der Waals surface area contributed by atoms with Crippen LogP contribution in [-0.2, 0) is 9.53 Å². The van der Waals surface area contributed by atoms with Gasteiger partial charge in [-0.1, -0.05) is 13.8 Å². The van der Waals surface area contributed by atoms with E-state index in [9.17, 15) is 4.79 Å². The zero-order chi connectivity index (χ0) is 14.3. The number of amides is 1. The number of hydrogen-bond acceptors (Lipinski definition) is 5. The van der Waals surface area contributed by atoms with Crippen molar-refractivity contribution in [3.63, 3.8) is 0 Å². The molecule has 1 aliphatic rings. The van der Waals surface area contributed by atoms with E-state index in [1.54, 1.807) is 6.20 Å². The summed E-state index contributed by atoms with van der Waals surface area (Å²) in [7, 11) is 0. The van der Waals surface area contributed by atoms with Gasteiger partial charge in [-0.2, -0.15) is 0 Å². The van der Waals surface area contributed by atoms with Crippen LogP contribution in [0.2, 0.25) is 0 Å². The van der Waals surface area contributed by atoms with Gasteiger partial charge in [0.1, 0.15) is 5.54 Å². The monoisotopic (exact) mass is 283 g/mol. The van der Waals surface area contributed by atoms with Crippen molar-refractivity contribution in [1.82, 2.24) is 4.98 Å². The number of hydrogen-bond donors (Lipinski definition) is 2. The summed E-state index contributed by atoms with van der Waals surface area (Å²) in [6.07, 6.45) is 2.31. The minimum Gasteiger partial charge on any atom is -0.378 e. The zero-order valence-corrected chi connectivity index (χ0v) is 12.6. The molecule has 1 heterocycles. The topological polar surface area (TPSA) is 77.2 Å². The van der Waals surface area contributed by atoms with Crippen LogP contribution in [0, 0.1) is 12.3 Å². The van der Waals surface area contributed by atoms with Crippen LogP contribution in [0.5, 0.6) is 0 Å². The van der Waals surface area contributed by atoms with Crippen LogP contribution in [0.3, 0.4) is 0 Å². The number of ether oxygens (including phenoxy) is 1. The number of nitrogens with zero attached hydrogens (tertiary/aromatic N) is 1. The summed E-state index contributed by atoms with van der Waals surface area (Å²) >= 11 is 1.45. The summed E-state index contributed by atoms with van der Waals surface area (Å²) in [6.45, 7) is 8.49. The van der Waals surface area contributed by atoms with E-state index >= 15 is 0 Å². The predicted octanol–water partition coefficient (Wildman–Crippen LogP) is 1.92. The van der Waals surface area contributed by atoms with E-state index in [1.165, 1.54) is 11.3 Å². The van der Waals surface area contributed by atoms with Crippen LogP contribution in [0.15, 0.2) is 6.20 Å². The number of aryl methyl sites for hydroxylation is 1. The van der Waals surface area contributed by atoms with Crippen LogP contribution in [-0.4, -0.2) is 29.1 Å². The van der Waals surface area contributed by atoms with Gasteiger partial charge >= 0.3 is 0 Å². The summed E-state index contributed by atoms with van der Waals surface area (Å²) in [5.41, 5.74) is 5.01. The van der Waals surface area contributed by atoms with Crippen molar-refractivity contribution in [3.05, 3.63) is 11.1 Å². The van der Waals surface area contributed by atoms with Crippen molar-refractivity contribution in [2.24, 2.45) is 11.1 Å². The van der Waals surface area contributed by atoms with Gasteiger partial charge in [-0.05, 0) is 13.8 Å². The van der Waals surface area contributed by atoms with Crippen molar-refractivity contribution in [2.45, 2.75) is 45.8 Å². The summed E-state index contributed by atoms with van der Waals surface area (Å²) in [5, 5.41) is 3.41. The fraction of sp³-hybridized carbons (Fsp3) is 0.692. The fourth-order valence-electron chi connectivity index (χ4n) is 2.44. The van der Waals surface area contributed by atoms with Crippen molar-refractivity contribution >= 4 is 22.4 Å². The summed E-state index contributed by atoms with van der Waals surface area (Å²) < 4.78 is 5.62. The molecular formula is C13H21N3O2S. The Morgan fingerprint density at radius 2 is 2.37 bits per heavy atom. The highest BCUT2D eigenvalue weighted by molar-refractivity contribution is 7.15. The number of nitrogens with one attached hydrogen (secondary N) is 1. The first kappa shape index (κ1) is 14.4. The van der Waals surface area contributed by atoms with Crippen LogP contribution >= 0.6 is 11.3 Å². The molecule has 1 aromatic heterocycles. The third kappa shape index (κ3) is 2.28. The number of rotatable bonds is 4. The average Bonchev–Trinajstić information content (AvgIpc) is 2.74. The standard InChI is InChI=1S/C13H21N3O2S/c1-5-18-9-6-13(14,12(9,3)4)10(17)16-11-15-7-8(2)19-11/h7,9H,5-6,14H2,1-4H3,(H,15,16,17). The zero-order valence-electron chi connectivity index (χ0n) is 11.8. The number of nitrogens with two attached hydrogens (primary N) is 1. The maximum Gasteiger partial charge on any atom is 0.246 e. The van der Waals surface area contributed by atoms with E-state index in [2.05, 4.69) is 10.3 Å². The third-order valence-corrected chi connectivity index (χ3v) is 4.91. The summed E-state index contributed by atoms with van der Waals surface area (Å²) in [5.74, 6) is -0.178. The summed E-state index contributed by atoms with van der Waals surface area (Å²) in [6, 6.07) is 0. The van der Waals surface area contributed by atoms with Crippen LogP contribution < -0.4 is 11.1 Å². The Hall–Kier alpha value is -0.980. The molecule has 2 atom stereocenters. The predicted molar refractivity (Wildman–Crippen MR) is 76.2 cm³/mol. The Bertz CT molecular complexity index is 486. The Balaban J connectivity index is 2.07. The Morgan fingerprint density at radius 3 is 2.84 bits per heavy atom. The smallest absolute Gasteiger partial charge is 0.246 e. The van der Waals surface area contributed by atoms with Gasteiger partial charge in [-0.25, -0.2) is 4.98 Å². The van der Waals surface area contributed by atoms with Gasteiger partial charge in [0, 0.05) is 29.5 Å². The molecular weight excluding hydrogens is 262 g/mol. The molecule has 106 valence electrons. The number of aromatic nitrogens is 1. The maximum absolute atomic E-state index is 12.4. The number of carbonyl (C=O) groups is 1. The van der Waals surface area contributed by atoms with E-state index in [1.807, 2.05) is 27.7 Å². The number of thiazole rings is 1. The largest absolute Gasteiger partial charge is 0.378 e. The van der Waals surface area contributed by atoms with Gasteiger partial charge < -0.3 is 15.8 Å². The third-order valence-electron chi connectivity index (χ3n) is 4.08. The Kier molecular flexibility index (Phi) is 3.68. The molecule has 1 saturated carbocycles. The molecule has 2 rings (SSSR count). The SMILES string of the molecule is CCOC1CC(N)(C(=O)Nc2ncc(C)s2)C1(C)C. The van der Waals surface area contributed by atoms with E-state index in [-0.39, 0.29) is 17.4 Å². The molecule has 0 spiro atoms. The first-order chi connectivity index (χ1) is 8.81. The van der Waals surface area contributed by atoms with Crippen LogP contribution in [0.4, 0.5) is 5.13 Å². The minimum atomic E-state index is -0.896. The Labute approximate surface area is 117 Å². The van der Waals surface area contributed by atoms with E-state index in [0.29, 0.717) is 18.2 Å². The van der Waals surface area contributed by atoms with Gasteiger partial charge in [-0.3, -0.25) is 4.79 Å². The van der Waals surface area contributed by atoms with Crippen molar-refractivity contribution in [3.8, 4) is 0 Å². The quantitative estimate of drug-likeness (QED) is 0.885. The molecule has 0 aromatic carbocycles.